The number of carbonyl (C=O) groups is 1. The van der Waals surface area contributed by atoms with Crippen molar-refractivity contribution in [3.8, 4) is 16.9 Å². The molecule has 1 aliphatic rings. The third-order valence-electron chi connectivity index (χ3n) is 4.04. The van der Waals surface area contributed by atoms with Crippen molar-refractivity contribution >= 4 is 12.0 Å². The number of rotatable bonds is 6. The minimum absolute atomic E-state index is 0.706. The van der Waals surface area contributed by atoms with Crippen molar-refractivity contribution in [1.29, 1.82) is 0 Å². The summed E-state index contributed by atoms with van der Waals surface area (Å²) in [7, 11) is 0. The van der Waals surface area contributed by atoms with Crippen LogP contribution in [0.1, 0.15) is 35.7 Å². The van der Waals surface area contributed by atoms with Gasteiger partial charge in [-0.2, -0.15) is 0 Å². The van der Waals surface area contributed by atoms with Gasteiger partial charge >= 0.3 is 0 Å². The number of ether oxygens (including phenoxy) is 1. The maximum absolute atomic E-state index is 11.4. The zero-order valence-electron chi connectivity index (χ0n) is 12.9. The number of anilines is 1. The van der Waals surface area contributed by atoms with Gasteiger partial charge in [0.05, 0.1) is 6.61 Å². The largest absolute Gasteiger partial charge is 0.493 e. The molecule has 0 amide bonds. The van der Waals surface area contributed by atoms with Gasteiger partial charge in [0.2, 0.25) is 0 Å². The molecule has 3 nitrogen and oxygen atoms in total. The lowest BCUT2D eigenvalue weighted by Gasteiger charge is -2.10. The Labute approximate surface area is 131 Å². The van der Waals surface area contributed by atoms with Gasteiger partial charge < -0.3 is 10.1 Å². The fourth-order valence-electron chi connectivity index (χ4n) is 2.77. The fourth-order valence-corrected chi connectivity index (χ4v) is 2.77. The molecule has 1 heterocycles. The second kappa shape index (κ2) is 6.65. The molecule has 0 bridgehead atoms. The van der Waals surface area contributed by atoms with Crippen molar-refractivity contribution in [2.45, 2.75) is 26.2 Å². The van der Waals surface area contributed by atoms with Gasteiger partial charge in [0.25, 0.3) is 0 Å². The molecule has 2 aromatic carbocycles. The predicted octanol–water partition coefficient (Wildman–Crippen LogP) is 4.31. The van der Waals surface area contributed by atoms with Crippen molar-refractivity contribution in [3.05, 3.63) is 47.5 Å². The van der Waals surface area contributed by atoms with E-state index in [1.807, 2.05) is 12.1 Å². The van der Waals surface area contributed by atoms with Gasteiger partial charge in [-0.3, -0.25) is 4.79 Å². The number of unbranched alkanes of at least 4 members (excludes halogenated alkanes) is 1. The first-order valence-electron chi connectivity index (χ1n) is 7.91. The Morgan fingerprint density at radius 3 is 2.77 bits per heavy atom. The average molecular weight is 295 g/mol. The second-order valence-corrected chi connectivity index (χ2v) is 5.62. The second-order valence-electron chi connectivity index (χ2n) is 5.62. The van der Waals surface area contributed by atoms with Gasteiger partial charge in [-0.15, -0.1) is 0 Å². The van der Waals surface area contributed by atoms with Crippen molar-refractivity contribution in [1.82, 2.24) is 0 Å². The highest BCUT2D eigenvalue weighted by molar-refractivity contribution is 5.89. The molecule has 0 atom stereocenters. The number of hydrogen-bond donors (Lipinski definition) is 1. The SMILES string of the molecule is CCCCNc1ccc(-c2cc3c(cc2C=O)CCO3)cc1. The van der Waals surface area contributed by atoms with Gasteiger partial charge in [0.1, 0.15) is 5.75 Å². The first-order chi connectivity index (χ1) is 10.8. The molecule has 0 aliphatic carbocycles. The fraction of sp³-hybridized carbons (Fsp3) is 0.316. The first-order valence-corrected chi connectivity index (χ1v) is 7.91. The zero-order chi connectivity index (χ0) is 15.4. The highest BCUT2D eigenvalue weighted by atomic mass is 16.5. The summed E-state index contributed by atoms with van der Waals surface area (Å²) >= 11 is 0. The van der Waals surface area contributed by atoms with Crippen LogP contribution >= 0.6 is 0 Å². The van der Waals surface area contributed by atoms with Crippen LogP contribution < -0.4 is 10.1 Å². The summed E-state index contributed by atoms with van der Waals surface area (Å²) in [6.07, 6.45) is 4.17. The molecule has 3 rings (SSSR count). The molecule has 2 aromatic rings. The Bertz CT molecular complexity index is 662. The summed E-state index contributed by atoms with van der Waals surface area (Å²) < 4.78 is 5.62. The van der Waals surface area contributed by atoms with Crippen LogP contribution in [0.4, 0.5) is 5.69 Å². The Morgan fingerprint density at radius 1 is 1.23 bits per heavy atom. The standard InChI is InChI=1S/C19H21NO2/c1-2-3-9-20-17-6-4-14(5-7-17)18-12-19-15(8-10-22-19)11-16(18)13-21/h4-7,11-13,20H,2-3,8-10H2,1H3. The average Bonchev–Trinajstić information content (AvgIpc) is 3.02. The van der Waals surface area contributed by atoms with Crippen LogP contribution in [0, 0.1) is 0 Å². The monoisotopic (exact) mass is 295 g/mol. The van der Waals surface area contributed by atoms with E-state index >= 15 is 0 Å². The highest BCUT2D eigenvalue weighted by Crippen LogP contribution is 2.34. The number of fused-ring (bicyclic) bond motifs is 1. The van der Waals surface area contributed by atoms with Crippen LogP contribution in [0.2, 0.25) is 0 Å². The van der Waals surface area contributed by atoms with Crippen LogP contribution in [0.3, 0.4) is 0 Å². The van der Waals surface area contributed by atoms with Crippen LogP contribution in [0.5, 0.6) is 5.75 Å². The summed E-state index contributed by atoms with van der Waals surface area (Å²) in [6, 6.07) is 12.2. The van der Waals surface area contributed by atoms with Gasteiger partial charge in [-0.1, -0.05) is 25.5 Å². The van der Waals surface area contributed by atoms with E-state index in [0.29, 0.717) is 6.61 Å². The Balaban J connectivity index is 1.86. The lowest BCUT2D eigenvalue weighted by atomic mass is 9.97. The minimum atomic E-state index is 0.706. The molecule has 1 aliphatic heterocycles. The minimum Gasteiger partial charge on any atom is -0.493 e. The van der Waals surface area contributed by atoms with Crippen molar-refractivity contribution in [2.24, 2.45) is 0 Å². The molecule has 0 spiro atoms. The number of aldehydes is 1. The molecule has 0 unspecified atom stereocenters. The van der Waals surface area contributed by atoms with E-state index in [2.05, 4.69) is 36.5 Å². The van der Waals surface area contributed by atoms with Crippen molar-refractivity contribution in [2.75, 3.05) is 18.5 Å². The molecule has 0 saturated carbocycles. The first kappa shape index (κ1) is 14.6. The van der Waals surface area contributed by atoms with E-state index in [0.717, 1.165) is 52.9 Å². The van der Waals surface area contributed by atoms with Crippen LogP contribution in [-0.2, 0) is 6.42 Å². The van der Waals surface area contributed by atoms with Crippen molar-refractivity contribution in [3.63, 3.8) is 0 Å². The highest BCUT2D eigenvalue weighted by Gasteiger charge is 2.16. The van der Waals surface area contributed by atoms with E-state index in [-0.39, 0.29) is 0 Å². The van der Waals surface area contributed by atoms with Crippen molar-refractivity contribution < 1.29 is 9.53 Å². The van der Waals surface area contributed by atoms with Gasteiger partial charge in [-0.05, 0) is 47.4 Å². The Kier molecular flexibility index (Phi) is 4.42. The Hall–Kier alpha value is -2.29. The predicted molar refractivity (Wildman–Crippen MR) is 89.9 cm³/mol. The Morgan fingerprint density at radius 2 is 2.05 bits per heavy atom. The molecule has 0 aromatic heterocycles. The zero-order valence-corrected chi connectivity index (χ0v) is 12.9. The summed E-state index contributed by atoms with van der Waals surface area (Å²) in [6.45, 7) is 3.88. The number of benzene rings is 2. The molecule has 3 heteroatoms. The molecular weight excluding hydrogens is 274 g/mol. The molecule has 1 N–H and O–H groups in total. The molecule has 0 fully saturated rings. The van der Waals surface area contributed by atoms with E-state index in [4.69, 9.17) is 4.74 Å². The lowest BCUT2D eigenvalue weighted by Crippen LogP contribution is -2.00. The molecule has 0 saturated heterocycles. The number of nitrogens with one attached hydrogen (secondary N) is 1. The number of hydrogen-bond acceptors (Lipinski definition) is 3. The molecule has 114 valence electrons. The van der Waals surface area contributed by atoms with E-state index < -0.39 is 0 Å². The van der Waals surface area contributed by atoms with E-state index in [9.17, 15) is 4.79 Å². The lowest BCUT2D eigenvalue weighted by molar-refractivity contribution is 0.112. The van der Waals surface area contributed by atoms with Gasteiger partial charge in [0.15, 0.2) is 6.29 Å². The topological polar surface area (TPSA) is 38.3 Å². The summed E-state index contributed by atoms with van der Waals surface area (Å²) in [5, 5.41) is 3.40. The normalized spacial score (nSPS) is 12.6. The van der Waals surface area contributed by atoms with Crippen LogP contribution in [0.15, 0.2) is 36.4 Å². The quantitative estimate of drug-likeness (QED) is 0.637. The molecular formula is C19H21NO2. The third-order valence-corrected chi connectivity index (χ3v) is 4.04. The molecule has 22 heavy (non-hydrogen) atoms. The summed E-state index contributed by atoms with van der Waals surface area (Å²) in [5.74, 6) is 0.908. The van der Waals surface area contributed by atoms with Gasteiger partial charge in [-0.25, -0.2) is 0 Å². The van der Waals surface area contributed by atoms with Crippen LogP contribution in [-0.4, -0.2) is 19.4 Å². The maximum atomic E-state index is 11.4. The third kappa shape index (κ3) is 2.98. The smallest absolute Gasteiger partial charge is 0.150 e. The summed E-state index contributed by atoms with van der Waals surface area (Å²) in [4.78, 5) is 11.4. The van der Waals surface area contributed by atoms with E-state index in [1.54, 1.807) is 0 Å². The maximum Gasteiger partial charge on any atom is 0.150 e. The van der Waals surface area contributed by atoms with E-state index in [1.165, 1.54) is 12.8 Å². The summed E-state index contributed by atoms with van der Waals surface area (Å²) in [5.41, 5.74) is 4.96. The number of carbonyl (C=O) groups excluding carboxylic acids is 1. The van der Waals surface area contributed by atoms with Crippen LogP contribution in [0.25, 0.3) is 11.1 Å². The molecule has 0 radical (unpaired) electrons. The van der Waals surface area contributed by atoms with Gasteiger partial charge in [0, 0.05) is 24.2 Å².